The lowest BCUT2D eigenvalue weighted by molar-refractivity contribution is 0.224. The lowest BCUT2D eigenvalue weighted by Gasteiger charge is -2.31. The van der Waals surface area contributed by atoms with Crippen LogP contribution in [0.5, 0.6) is 0 Å². The first-order valence-corrected chi connectivity index (χ1v) is 7.38. The molecule has 1 aliphatic rings. The molecule has 2 atom stereocenters. The van der Waals surface area contributed by atoms with Crippen LogP contribution in [0.4, 0.5) is 0 Å². The van der Waals surface area contributed by atoms with Gasteiger partial charge in [-0.15, -0.1) is 0 Å². The van der Waals surface area contributed by atoms with E-state index >= 15 is 0 Å². The molecular weight excluding hydrogens is 208 g/mol. The summed E-state index contributed by atoms with van der Waals surface area (Å²) in [6.45, 7) is 8.11. The van der Waals surface area contributed by atoms with Crippen molar-refractivity contribution in [2.45, 2.75) is 65.0 Å². The van der Waals surface area contributed by atoms with Gasteiger partial charge in [-0.05, 0) is 45.7 Å². The van der Waals surface area contributed by atoms with Gasteiger partial charge in [-0.2, -0.15) is 0 Å². The third kappa shape index (κ3) is 5.87. The SMILES string of the molecule is CC(C)CC(CNC(C)CC1CCC1)N(C)C. The molecule has 1 N–H and O–H groups in total. The van der Waals surface area contributed by atoms with Crippen LogP contribution >= 0.6 is 0 Å². The van der Waals surface area contributed by atoms with E-state index in [9.17, 15) is 0 Å². The fourth-order valence-corrected chi connectivity index (χ4v) is 2.67. The predicted octanol–water partition coefficient (Wildman–Crippen LogP) is 3.13. The molecule has 1 aliphatic carbocycles. The van der Waals surface area contributed by atoms with Crippen molar-refractivity contribution in [3.63, 3.8) is 0 Å². The van der Waals surface area contributed by atoms with Crippen LogP contribution in [-0.2, 0) is 0 Å². The third-order valence-corrected chi connectivity index (χ3v) is 4.09. The molecular formula is C15H32N2. The summed E-state index contributed by atoms with van der Waals surface area (Å²) in [6, 6.07) is 1.37. The molecule has 1 saturated carbocycles. The van der Waals surface area contributed by atoms with Gasteiger partial charge in [0.1, 0.15) is 0 Å². The van der Waals surface area contributed by atoms with E-state index in [1.807, 2.05) is 0 Å². The maximum Gasteiger partial charge on any atom is 0.0217 e. The second-order valence-electron chi connectivity index (χ2n) is 6.59. The van der Waals surface area contributed by atoms with Crippen molar-refractivity contribution in [2.75, 3.05) is 20.6 Å². The maximum atomic E-state index is 3.73. The Morgan fingerprint density at radius 2 is 1.82 bits per heavy atom. The van der Waals surface area contributed by atoms with E-state index in [1.54, 1.807) is 0 Å². The van der Waals surface area contributed by atoms with Gasteiger partial charge >= 0.3 is 0 Å². The molecule has 0 aromatic heterocycles. The predicted molar refractivity (Wildman–Crippen MR) is 76.4 cm³/mol. The second-order valence-corrected chi connectivity index (χ2v) is 6.59. The summed E-state index contributed by atoms with van der Waals surface area (Å²) in [6.07, 6.45) is 7.06. The van der Waals surface area contributed by atoms with Crippen LogP contribution in [-0.4, -0.2) is 37.6 Å². The number of hydrogen-bond donors (Lipinski definition) is 1. The highest BCUT2D eigenvalue weighted by molar-refractivity contribution is 4.77. The van der Waals surface area contributed by atoms with Gasteiger partial charge in [0.25, 0.3) is 0 Å². The first kappa shape index (κ1) is 15.0. The minimum absolute atomic E-state index is 0.679. The Hall–Kier alpha value is -0.0800. The molecule has 0 aromatic carbocycles. The average Bonchev–Trinajstić information content (AvgIpc) is 2.17. The zero-order valence-electron chi connectivity index (χ0n) is 12.5. The Balaban J connectivity index is 2.19. The van der Waals surface area contributed by atoms with Gasteiger partial charge in [-0.1, -0.05) is 33.1 Å². The largest absolute Gasteiger partial charge is 0.313 e. The lowest BCUT2D eigenvalue weighted by Crippen LogP contribution is -2.42. The first-order chi connectivity index (χ1) is 7.99. The molecule has 1 fully saturated rings. The minimum atomic E-state index is 0.679. The van der Waals surface area contributed by atoms with Crippen molar-refractivity contribution < 1.29 is 0 Å². The molecule has 2 nitrogen and oxygen atoms in total. The Morgan fingerprint density at radius 1 is 1.18 bits per heavy atom. The van der Waals surface area contributed by atoms with E-state index in [4.69, 9.17) is 0 Å². The highest BCUT2D eigenvalue weighted by atomic mass is 15.1. The normalized spacial score (nSPS) is 20.6. The smallest absolute Gasteiger partial charge is 0.0217 e. The molecule has 102 valence electrons. The van der Waals surface area contributed by atoms with Crippen LogP contribution in [0, 0.1) is 11.8 Å². The molecule has 0 bridgehead atoms. The third-order valence-electron chi connectivity index (χ3n) is 4.09. The van der Waals surface area contributed by atoms with Crippen molar-refractivity contribution in [1.29, 1.82) is 0 Å². The molecule has 0 aliphatic heterocycles. The molecule has 1 rings (SSSR count). The molecule has 0 radical (unpaired) electrons. The van der Waals surface area contributed by atoms with Crippen molar-refractivity contribution in [2.24, 2.45) is 11.8 Å². The van der Waals surface area contributed by atoms with Gasteiger partial charge in [0.2, 0.25) is 0 Å². The summed E-state index contributed by atoms with van der Waals surface area (Å²) in [5.74, 6) is 1.80. The Kier molecular flexibility index (Phi) is 6.50. The molecule has 17 heavy (non-hydrogen) atoms. The van der Waals surface area contributed by atoms with Crippen LogP contribution in [0.2, 0.25) is 0 Å². The van der Waals surface area contributed by atoms with Crippen LogP contribution in [0.1, 0.15) is 52.9 Å². The van der Waals surface area contributed by atoms with Gasteiger partial charge in [0, 0.05) is 18.6 Å². The second kappa shape index (κ2) is 7.38. The lowest BCUT2D eigenvalue weighted by atomic mass is 9.81. The summed E-state index contributed by atoms with van der Waals surface area (Å²) in [7, 11) is 4.40. The molecule has 0 amide bonds. The Labute approximate surface area is 108 Å². The molecule has 0 spiro atoms. The number of hydrogen-bond acceptors (Lipinski definition) is 2. The van der Waals surface area contributed by atoms with E-state index in [0.29, 0.717) is 12.1 Å². The molecule has 2 unspecified atom stereocenters. The Bertz CT molecular complexity index is 197. The number of rotatable bonds is 8. The van der Waals surface area contributed by atoms with E-state index in [2.05, 4.69) is 45.1 Å². The van der Waals surface area contributed by atoms with E-state index in [0.717, 1.165) is 18.4 Å². The molecule has 0 aromatic rings. The summed E-state index contributed by atoms with van der Waals surface area (Å²) >= 11 is 0. The van der Waals surface area contributed by atoms with E-state index < -0.39 is 0 Å². The first-order valence-electron chi connectivity index (χ1n) is 7.38. The van der Waals surface area contributed by atoms with Crippen molar-refractivity contribution in [3.8, 4) is 0 Å². The van der Waals surface area contributed by atoms with E-state index in [-0.39, 0.29) is 0 Å². The fourth-order valence-electron chi connectivity index (χ4n) is 2.67. The van der Waals surface area contributed by atoms with Crippen molar-refractivity contribution in [1.82, 2.24) is 10.2 Å². The molecule has 0 heterocycles. The van der Waals surface area contributed by atoms with Gasteiger partial charge in [0.05, 0.1) is 0 Å². The highest BCUT2D eigenvalue weighted by Crippen LogP contribution is 2.30. The zero-order chi connectivity index (χ0) is 12.8. The maximum absolute atomic E-state index is 3.73. The summed E-state index contributed by atoms with van der Waals surface area (Å²) in [5.41, 5.74) is 0. The zero-order valence-corrected chi connectivity index (χ0v) is 12.5. The van der Waals surface area contributed by atoms with Crippen molar-refractivity contribution >= 4 is 0 Å². The van der Waals surface area contributed by atoms with Gasteiger partial charge in [-0.3, -0.25) is 0 Å². The van der Waals surface area contributed by atoms with Crippen LogP contribution in [0.25, 0.3) is 0 Å². The minimum Gasteiger partial charge on any atom is -0.313 e. The van der Waals surface area contributed by atoms with E-state index in [1.165, 1.54) is 32.1 Å². The van der Waals surface area contributed by atoms with Gasteiger partial charge < -0.3 is 10.2 Å². The summed E-state index contributed by atoms with van der Waals surface area (Å²) in [5, 5.41) is 3.73. The van der Waals surface area contributed by atoms with Gasteiger partial charge in [0.15, 0.2) is 0 Å². The number of likely N-dealkylation sites (N-methyl/N-ethyl adjacent to an activating group) is 1. The summed E-state index contributed by atoms with van der Waals surface area (Å²) in [4.78, 5) is 2.36. The van der Waals surface area contributed by atoms with Crippen molar-refractivity contribution in [3.05, 3.63) is 0 Å². The molecule has 0 saturated heterocycles. The molecule has 2 heteroatoms. The Morgan fingerprint density at radius 3 is 2.24 bits per heavy atom. The van der Waals surface area contributed by atoms with Crippen LogP contribution in [0.15, 0.2) is 0 Å². The highest BCUT2D eigenvalue weighted by Gasteiger charge is 2.20. The average molecular weight is 240 g/mol. The standard InChI is InChI=1S/C15H32N2/c1-12(2)9-15(17(4)5)11-16-13(3)10-14-7-6-8-14/h12-16H,6-11H2,1-5H3. The van der Waals surface area contributed by atoms with Crippen LogP contribution in [0.3, 0.4) is 0 Å². The van der Waals surface area contributed by atoms with Crippen LogP contribution < -0.4 is 5.32 Å². The van der Waals surface area contributed by atoms with Gasteiger partial charge in [-0.25, -0.2) is 0 Å². The number of nitrogens with zero attached hydrogens (tertiary/aromatic N) is 1. The summed E-state index contributed by atoms with van der Waals surface area (Å²) < 4.78 is 0. The fraction of sp³-hybridized carbons (Fsp3) is 1.00. The number of nitrogens with one attached hydrogen (secondary N) is 1. The quantitative estimate of drug-likeness (QED) is 0.701. The monoisotopic (exact) mass is 240 g/mol. The topological polar surface area (TPSA) is 15.3 Å².